The van der Waals surface area contributed by atoms with Crippen LogP contribution in [0.3, 0.4) is 0 Å². The third-order valence-corrected chi connectivity index (χ3v) is 3.75. The maximum atomic E-state index is 12.2. The quantitative estimate of drug-likeness (QED) is 0.615. The van der Waals surface area contributed by atoms with Gasteiger partial charge in [0.05, 0.1) is 31.0 Å². The van der Waals surface area contributed by atoms with Crippen molar-refractivity contribution in [3.05, 3.63) is 57.0 Å². The molecule has 2 rings (SSSR count). The molecule has 0 aliphatic heterocycles. The normalized spacial score (nSPS) is 10.6. The monoisotopic (exact) mass is 396 g/mol. The number of rotatable bonds is 5. The number of carbonyl (C=O) groups is 1. The maximum Gasteiger partial charge on any atom is 0.275 e. The largest absolute Gasteiger partial charge is 0.496 e. The van der Waals surface area contributed by atoms with E-state index in [0.29, 0.717) is 22.1 Å². The van der Waals surface area contributed by atoms with Gasteiger partial charge in [0.25, 0.3) is 5.91 Å². The van der Waals surface area contributed by atoms with Crippen LogP contribution in [0.25, 0.3) is 0 Å². The van der Waals surface area contributed by atoms with Crippen LogP contribution in [0.1, 0.15) is 15.9 Å². The van der Waals surface area contributed by atoms with Crippen molar-refractivity contribution in [3.8, 4) is 11.5 Å². The van der Waals surface area contributed by atoms with E-state index >= 15 is 0 Å². The molecule has 0 aromatic heterocycles. The first-order valence-corrected chi connectivity index (χ1v) is 7.72. The molecule has 120 valence electrons. The lowest BCUT2D eigenvalue weighted by Crippen LogP contribution is -2.18. The van der Waals surface area contributed by atoms with Crippen LogP contribution < -0.4 is 14.9 Å². The van der Waals surface area contributed by atoms with E-state index < -0.39 is 0 Å². The zero-order valence-corrected chi connectivity index (χ0v) is 14.8. The van der Waals surface area contributed by atoms with Crippen molar-refractivity contribution in [3.63, 3.8) is 0 Å². The molecule has 2 aromatic rings. The molecule has 0 fully saturated rings. The summed E-state index contributed by atoms with van der Waals surface area (Å²) in [5.41, 5.74) is 3.57. The summed E-state index contributed by atoms with van der Waals surface area (Å²) in [5.74, 6) is 0.666. The lowest BCUT2D eigenvalue weighted by Gasteiger charge is -2.07. The molecule has 1 N–H and O–H groups in total. The average molecular weight is 398 g/mol. The maximum absolute atomic E-state index is 12.2. The van der Waals surface area contributed by atoms with Crippen LogP contribution in [0.2, 0.25) is 5.02 Å². The standard InChI is InChI=1S/C16H14BrClN2O3/c1-22-14-6-4-11(17)8-12(14)16(21)20-19-9-10-3-5-15(23-2)13(18)7-10/h3-9H,1-2H3,(H,20,21)/b19-9+. The summed E-state index contributed by atoms with van der Waals surface area (Å²) in [4.78, 5) is 12.2. The summed E-state index contributed by atoms with van der Waals surface area (Å²) >= 11 is 9.35. The van der Waals surface area contributed by atoms with E-state index in [1.54, 1.807) is 43.5 Å². The fourth-order valence-electron chi connectivity index (χ4n) is 1.85. The summed E-state index contributed by atoms with van der Waals surface area (Å²) in [6, 6.07) is 10.3. The van der Waals surface area contributed by atoms with E-state index in [9.17, 15) is 4.79 Å². The molecule has 0 spiro atoms. The highest BCUT2D eigenvalue weighted by molar-refractivity contribution is 9.10. The SMILES string of the molecule is COc1ccc(/C=N/NC(=O)c2cc(Br)ccc2OC)cc1Cl. The number of hydrogen-bond acceptors (Lipinski definition) is 4. The number of hydrogen-bond donors (Lipinski definition) is 1. The van der Waals surface area contributed by atoms with Crippen LogP contribution in [-0.4, -0.2) is 26.3 Å². The van der Waals surface area contributed by atoms with E-state index in [-0.39, 0.29) is 5.91 Å². The van der Waals surface area contributed by atoms with Crippen molar-refractivity contribution in [2.75, 3.05) is 14.2 Å². The molecule has 1 amide bonds. The van der Waals surface area contributed by atoms with E-state index in [1.807, 2.05) is 0 Å². The Balaban J connectivity index is 2.10. The molecule has 5 nitrogen and oxygen atoms in total. The Hall–Kier alpha value is -2.05. The number of halogens is 2. The van der Waals surface area contributed by atoms with Gasteiger partial charge < -0.3 is 9.47 Å². The fourth-order valence-corrected chi connectivity index (χ4v) is 2.47. The summed E-state index contributed by atoms with van der Waals surface area (Å²) in [7, 11) is 3.04. The predicted octanol–water partition coefficient (Wildman–Crippen LogP) is 3.88. The Bertz CT molecular complexity index is 750. The molecule has 0 heterocycles. The Morgan fingerprint density at radius 1 is 1.17 bits per heavy atom. The first kappa shape index (κ1) is 17.3. The number of benzene rings is 2. The zero-order chi connectivity index (χ0) is 16.8. The van der Waals surface area contributed by atoms with Crippen LogP contribution >= 0.6 is 27.5 Å². The number of nitrogens with zero attached hydrogens (tertiary/aromatic N) is 1. The lowest BCUT2D eigenvalue weighted by atomic mass is 10.2. The molecule has 7 heteroatoms. The van der Waals surface area contributed by atoms with Crippen LogP contribution in [0.5, 0.6) is 11.5 Å². The van der Waals surface area contributed by atoms with Gasteiger partial charge in [-0.1, -0.05) is 27.5 Å². The second-order valence-corrected chi connectivity index (χ2v) is 5.76. The average Bonchev–Trinajstić information content (AvgIpc) is 2.55. The molecule has 0 aliphatic carbocycles. The molecule has 0 aliphatic rings. The van der Waals surface area contributed by atoms with Gasteiger partial charge in [-0.05, 0) is 42.0 Å². The fraction of sp³-hybridized carbons (Fsp3) is 0.125. The summed E-state index contributed by atoms with van der Waals surface area (Å²) in [6.07, 6.45) is 1.49. The minimum Gasteiger partial charge on any atom is -0.496 e. The van der Waals surface area contributed by atoms with Gasteiger partial charge >= 0.3 is 0 Å². The Kier molecular flexibility index (Phi) is 6.01. The second-order valence-electron chi connectivity index (χ2n) is 4.44. The second kappa shape index (κ2) is 7.99. The van der Waals surface area contributed by atoms with Gasteiger partial charge in [0.15, 0.2) is 0 Å². The van der Waals surface area contributed by atoms with Gasteiger partial charge in [-0.15, -0.1) is 0 Å². The molecule has 0 saturated heterocycles. The molecule has 23 heavy (non-hydrogen) atoms. The number of carbonyl (C=O) groups excluding carboxylic acids is 1. The Labute approximate surface area is 147 Å². The number of hydrazone groups is 1. The van der Waals surface area contributed by atoms with Crippen LogP contribution in [0.15, 0.2) is 46.0 Å². The van der Waals surface area contributed by atoms with Crippen molar-refractivity contribution in [2.24, 2.45) is 5.10 Å². The molecule has 0 bridgehead atoms. The summed E-state index contributed by atoms with van der Waals surface area (Å²) in [5, 5.41) is 4.39. The number of methoxy groups -OCH3 is 2. The van der Waals surface area contributed by atoms with Gasteiger partial charge in [-0.25, -0.2) is 5.43 Å². The van der Waals surface area contributed by atoms with E-state index in [4.69, 9.17) is 21.1 Å². The van der Waals surface area contributed by atoms with Crippen molar-refractivity contribution in [2.45, 2.75) is 0 Å². The highest BCUT2D eigenvalue weighted by Crippen LogP contribution is 2.24. The molecule has 0 radical (unpaired) electrons. The first-order chi connectivity index (χ1) is 11.0. The molecule has 0 unspecified atom stereocenters. The summed E-state index contributed by atoms with van der Waals surface area (Å²) in [6.45, 7) is 0. The van der Waals surface area contributed by atoms with E-state index in [1.165, 1.54) is 13.3 Å². The zero-order valence-electron chi connectivity index (χ0n) is 12.5. The molecular weight excluding hydrogens is 384 g/mol. The first-order valence-electron chi connectivity index (χ1n) is 6.55. The highest BCUT2D eigenvalue weighted by atomic mass is 79.9. The van der Waals surface area contributed by atoms with E-state index in [0.717, 1.165) is 10.0 Å². The highest BCUT2D eigenvalue weighted by Gasteiger charge is 2.12. The van der Waals surface area contributed by atoms with E-state index in [2.05, 4.69) is 26.5 Å². The van der Waals surface area contributed by atoms with Crippen LogP contribution in [0, 0.1) is 0 Å². The minimum absolute atomic E-state index is 0.376. The summed E-state index contributed by atoms with van der Waals surface area (Å²) < 4.78 is 11.0. The lowest BCUT2D eigenvalue weighted by molar-refractivity contribution is 0.0952. The number of ether oxygens (including phenoxy) is 2. The molecule has 0 saturated carbocycles. The topological polar surface area (TPSA) is 59.9 Å². The third-order valence-electron chi connectivity index (χ3n) is 2.96. The number of nitrogens with one attached hydrogen (secondary N) is 1. The smallest absolute Gasteiger partial charge is 0.275 e. The third kappa shape index (κ3) is 4.46. The molecular formula is C16H14BrClN2O3. The van der Waals surface area contributed by atoms with Crippen molar-refractivity contribution in [1.82, 2.24) is 5.43 Å². The molecule has 0 atom stereocenters. The van der Waals surface area contributed by atoms with Gasteiger partial charge in [-0.3, -0.25) is 4.79 Å². The number of amides is 1. The Morgan fingerprint density at radius 2 is 1.87 bits per heavy atom. The van der Waals surface area contributed by atoms with Gasteiger partial charge in [-0.2, -0.15) is 5.10 Å². The van der Waals surface area contributed by atoms with Crippen molar-refractivity contribution >= 4 is 39.7 Å². The van der Waals surface area contributed by atoms with Crippen molar-refractivity contribution < 1.29 is 14.3 Å². The van der Waals surface area contributed by atoms with Crippen LogP contribution in [0.4, 0.5) is 0 Å². The van der Waals surface area contributed by atoms with Gasteiger partial charge in [0.1, 0.15) is 11.5 Å². The molecule has 2 aromatic carbocycles. The van der Waals surface area contributed by atoms with Gasteiger partial charge in [0.2, 0.25) is 0 Å². The predicted molar refractivity (Wildman–Crippen MR) is 93.8 cm³/mol. The van der Waals surface area contributed by atoms with Crippen molar-refractivity contribution in [1.29, 1.82) is 0 Å². The minimum atomic E-state index is -0.376. The van der Waals surface area contributed by atoms with Crippen LogP contribution in [-0.2, 0) is 0 Å². The van der Waals surface area contributed by atoms with Gasteiger partial charge in [0, 0.05) is 4.47 Å². The Morgan fingerprint density at radius 3 is 2.52 bits per heavy atom.